The molecule has 0 radical (unpaired) electrons. The average Bonchev–Trinajstić information content (AvgIpc) is 2.71. The average molecular weight is 427 g/mol. The first-order valence-electron chi connectivity index (χ1n) is 8.58. The molecule has 1 aliphatic rings. The van der Waals surface area contributed by atoms with Gasteiger partial charge in [-0.05, 0) is 48.5 Å². The zero-order valence-corrected chi connectivity index (χ0v) is 19.3. The minimum absolute atomic E-state index is 0. The van der Waals surface area contributed by atoms with Crippen molar-refractivity contribution in [3.63, 3.8) is 0 Å². The van der Waals surface area contributed by atoms with Gasteiger partial charge in [-0.2, -0.15) is 0 Å². The van der Waals surface area contributed by atoms with Gasteiger partial charge in [0.2, 0.25) is 0 Å². The normalized spacial score (nSPS) is 11.8. The second-order valence-corrected chi connectivity index (χ2v) is 7.52. The van der Waals surface area contributed by atoms with E-state index in [0.29, 0.717) is 11.2 Å². The minimum Gasteiger partial charge on any atom is -0.545 e. The molecule has 0 bridgehead atoms. The number of carbonyl (C=O) groups is 1. The largest absolute Gasteiger partial charge is 1.00 e. The second-order valence-electron chi connectivity index (χ2n) is 6.44. The predicted octanol–water partition coefficient (Wildman–Crippen LogP) is 1.62. The smallest absolute Gasteiger partial charge is 0.545 e. The van der Waals surface area contributed by atoms with Crippen LogP contribution in [0.25, 0.3) is 22.2 Å². The number of aromatic carboxylic acids is 1. The standard InChI is InChI=1S/C22H13FN2O2S.K/c23-13-6-7-16-14(10-13)15(22(26)27)11-18(24-16)12-5-8-21-19(9-12)25-17-3-1-2-4-20(17)28-21;/h1-11,25H,(H,26,27);/q;+1/p-1. The van der Waals surface area contributed by atoms with E-state index in [-0.39, 0.29) is 62.3 Å². The van der Waals surface area contributed by atoms with Crippen LogP contribution in [-0.4, -0.2) is 11.0 Å². The summed E-state index contributed by atoms with van der Waals surface area (Å²) in [5.74, 6) is -1.88. The first kappa shape index (κ1) is 20.5. The summed E-state index contributed by atoms with van der Waals surface area (Å²) in [5, 5.41) is 15.2. The third-order valence-electron chi connectivity index (χ3n) is 4.64. The first-order chi connectivity index (χ1) is 13.6. The summed E-state index contributed by atoms with van der Waals surface area (Å²) in [6, 6.07) is 19.2. The molecular formula is C22H12FKN2O2S. The first-order valence-corrected chi connectivity index (χ1v) is 9.40. The number of fused-ring (bicyclic) bond motifs is 3. The van der Waals surface area contributed by atoms with Crippen LogP contribution in [0.4, 0.5) is 15.8 Å². The van der Waals surface area contributed by atoms with Gasteiger partial charge in [0.05, 0.1) is 28.6 Å². The number of hydrogen-bond donors (Lipinski definition) is 1. The Morgan fingerprint density at radius 1 is 0.966 bits per heavy atom. The molecule has 1 N–H and O–H groups in total. The summed E-state index contributed by atoms with van der Waals surface area (Å²) >= 11 is 1.67. The Morgan fingerprint density at radius 3 is 2.59 bits per heavy atom. The molecule has 0 unspecified atom stereocenters. The fourth-order valence-corrected chi connectivity index (χ4v) is 4.28. The fraction of sp³-hybridized carbons (Fsp3) is 0. The number of carbonyl (C=O) groups excluding carboxylic acids is 1. The quantitative estimate of drug-likeness (QED) is 0.435. The molecule has 0 spiro atoms. The molecule has 1 aromatic heterocycles. The number of nitrogens with one attached hydrogen (secondary N) is 1. The molecule has 0 saturated carbocycles. The van der Waals surface area contributed by atoms with Crippen LogP contribution in [0.3, 0.4) is 0 Å². The van der Waals surface area contributed by atoms with E-state index in [1.54, 1.807) is 11.8 Å². The van der Waals surface area contributed by atoms with E-state index < -0.39 is 11.8 Å². The molecule has 1 aliphatic heterocycles. The van der Waals surface area contributed by atoms with E-state index >= 15 is 0 Å². The molecule has 0 aliphatic carbocycles. The Kier molecular flexibility index (Phi) is 5.79. The molecule has 0 fully saturated rings. The van der Waals surface area contributed by atoms with Crippen molar-refractivity contribution in [3.8, 4) is 11.3 Å². The molecule has 0 saturated heterocycles. The fourth-order valence-electron chi connectivity index (χ4n) is 3.31. The number of benzene rings is 3. The summed E-state index contributed by atoms with van der Waals surface area (Å²) in [6.07, 6.45) is 0. The molecule has 136 valence electrons. The van der Waals surface area contributed by atoms with E-state index in [1.165, 1.54) is 24.3 Å². The number of nitrogens with zero attached hydrogens (tertiary/aromatic N) is 1. The van der Waals surface area contributed by atoms with Crippen molar-refractivity contribution in [3.05, 3.63) is 78.1 Å². The van der Waals surface area contributed by atoms with E-state index in [4.69, 9.17) is 0 Å². The van der Waals surface area contributed by atoms with Crippen LogP contribution in [0.1, 0.15) is 10.4 Å². The summed E-state index contributed by atoms with van der Waals surface area (Å²) in [4.78, 5) is 18.4. The van der Waals surface area contributed by atoms with Gasteiger partial charge in [-0.15, -0.1) is 0 Å². The molecule has 4 aromatic rings. The van der Waals surface area contributed by atoms with Gasteiger partial charge >= 0.3 is 51.4 Å². The maximum absolute atomic E-state index is 13.6. The molecular weight excluding hydrogens is 414 g/mol. The van der Waals surface area contributed by atoms with Crippen molar-refractivity contribution in [2.75, 3.05) is 5.32 Å². The molecule has 2 heterocycles. The summed E-state index contributed by atoms with van der Waals surface area (Å²) < 4.78 is 13.6. The van der Waals surface area contributed by atoms with Crippen molar-refractivity contribution in [1.29, 1.82) is 0 Å². The number of carboxylic acids is 1. The Balaban J connectivity index is 0.00000205. The van der Waals surface area contributed by atoms with Crippen molar-refractivity contribution < 1.29 is 65.7 Å². The van der Waals surface area contributed by atoms with Gasteiger partial charge in [0.1, 0.15) is 5.82 Å². The maximum Gasteiger partial charge on any atom is 1.00 e. The Labute approximate surface area is 213 Å². The third-order valence-corrected chi connectivity index (χ3v) is 5.79. The number of halogens is 1. The van der Waals surface area contributed by atoms with Crippen LogP contribution in [0, 0.1) is 5.82 Å². The van der Waals surface area contributed by atoms with Crippen LogP contribution >= 0.6 is 11.8 Å². The van der Waals surface area contributed by atoms with Gasteiger partial charge in [0.15, 0.2) is 0 Å². The van der Waals surface area contributed by atoms with Gasteiger partial charge in [0.25, 0.3) is 0 Å². The monoisotopic (exact) mass is 426 g/mol. The summed E-state index contributed by atoms with van der Waals surface area (Å²) in [5.41, 5.74) is 3.53. The van der Waals surface area contributed by atoms with Gasteiger partial charge in [-0.3, -0.25) is 0 Å². The number of rotatable bonds is 2. The van der Waals surface area contributed by atoms with Gasteiger partial charge < -0.3 is 15.2 Å². The van der Waals surface area contributed by atoms with Crippen LogP contribution in [0.5, 0.6) is 0 Å². The molecule has 5 rings (SSSR count). The van der Waals surface area contributed by atoms with E-state index in [0.717, 1.165) is 26.7 Å². The molecule has 3 aromatic carbocycles. The Bertz CT molecular complexity index is 1280. The summed E-state index contributed by atoms with van der Waals surface area (Å²) in [6.45, 7) is 0. The van der Waals surface area contributed by atoms with E-state index in [1.807, 2.05) is 36.4 Å². The molecule has 0 atom stereocenters. The minimum atomic E-state index is -1.36. The third kappa shape index (κ3) is 3.86. The summed E-state index contributed by atoms with van der Waals surface area (Å²) in [7, 11) is 0. The number of hydrogen-bond acceptors (Lipinski definition) is 5. The number of anilines is 2. The number of aromatic nitrogens is 1. The van der Waals surface area contributed by atoms with E-state index in [9.17, 15) is 14.3 Å². The van der Waals surface area contributed by atoms with Crippen LogP contribution in [-0.2, 0) is 0 Å². The van der Waals surface area contributed by atoms with E-state index in [2.05, 4.69) is 16.4 Å². The van der Waals surface area contributed by atoms with Crippen LogP contribution < -0.4 is 61.8 Å². The predicted molar refractivity (Wildman–Crippen MR) is 105 cm³/mol. The molecule has 4 nitrogen and oxygen atoms in total. The maximum atomic E-state index is 13.6. The topological polar surface area (TPSA) is 65.0 Å². The van der Waals surface area contributed by atoms with Crippen LogP contribution in [0.2, 0.25) is 0 Å². The van der Waals surface area contributed by atoms with Crippen molar-refractivity contribution >= 4 is 40.0 Å². The Hall–Kier alpha value is -1.74. The number of carboxylic acid groups (broad SMARTS) is 1. The zero-order chi connectivity index (χ0) is 19.3. The number of pyridine rings is 1. The molecule has 29 heavy (non-hydrogen) atoms. The Morgan fingerprint density at radius 2 is 1.76 bits per heavy atom. The van der Waals surface area contributed by atoms with Crippen molar-refractivity contribution in [1.82, 2.24) is 4.98 Å². The SMILES string of the molecule is O=C([O-])c1cc(-c2ccc3c(c2)Nc2ccccc2S3)nc2ccc(F)cc12.[K+]. The number of para-hydroxylation sites is 1. The van der Waals surface area contributed by atoms with Gasteiger partial charge in [-0.25, -0.2) is 9.37 Å². The van der Waals surface area contributed by atoms with Crippen molar-refractivity contribution in [2.45, 2.75) is 9.79 Å². The van der Waals surface area contributed by atoms with Gasteiger partial charge in [-0.1, -0.05) is 30.0 Å². The molecule has 7 heteroatoms. The van der Waals surface area contributed by atoms with Crippen LogP contribution in [0.15, 0.2) is 76.5 Å². The van der Waals surface area contributed by atoms with Gasteiger partial charge in [0, 0.05) is 26.3 Å². The molecule has 0 amide bonds. The zero-order valence-electron chi connectivity index (χ0n) is 15.4. The second kappa shape index (κ2) is 8.18. The van der Waals surface area contributed by atoms with Crippen molar-refractivity contribution in [2.24, 2.45) is 0 Å².